The largest absolute Gasteiger partial charge is 0.470 e. The molecule has 1 atom stereocenters. The Balaban J connectivity index is 1.95. The number of nitrogens with zero attached hydrogens (tertiary/aromatic N) is 1. The number of carbonyl (C=O) groups excluding carboxylic acids is 1. The van der Waals surface area contributed by atoms with Crippen molar-refractivity contribution in [2.24, 2.45) is 5.92 Å². The minimum atomic E-state index is -0.570. The minimum Gasteiger partial charge on any atom is -0.470 e. The van der Waals surface area contributed by atoms with Crippen LogP contribution in [0.15, 0.2) is 54.6 Å². The Morgan fingerprint density at radius 1 is 1.07 bits per heavy atom. The number of carbonyl (C=O) groups is 1. The number of aromatic nitrogens is 1. The van der Waals surface area contributed by atoms with Crippen molar-refractivity contribution in [3.05, 3.63) is 70.7 Å². The second kappa shape index (κ2) is 7.88. The molecule has 0 amide bonds. The predicted molar refractivity (Wildman–Crippen MR) is 122 cm³/mol. The van der Waals surface area contributed by atoms with Gasteiger partial charge in [0.05, 0.1) is 17.7 Å². The van der Waals surface area contributed by atoms with Gasteiger partial charge in [0.25, 0.3) is 0 Å². The number of Topliss-reactive ketones (excluding diaryl/α,β-unsaturated/α-hetero) is 1. The molecule has 2 aromatic carbocycles. The average molecular weight is 420 g/mol. The molecule has 3 aromatic rings. The van der Waals surface area contributed by atoms with Crippen LogP contribution in [0.3, 0.4) is 0 Å². The molecule has 0 spiro atoms. The fourth-order valence-electron chi connectivity index (χ4n) is 3.77. The lowest BCUT2D eigenvalue weighted by atomic mass is 9.83. The van der Waals surface area contributed by atoms with Crippen LogP contribution in [0.2, 0.25) is 5.02 Å². The molecule has 0 N–H and O–H groups in total. The molecule has 30 heavy (non-hydrogen) atoms. The highest BCUT2D eigenvalue weighted by Crippen LogP contribution is 2.42. The second-order valence-corrected chi connectivity index (χ2v) is 8.84. The number of pyridine rings is 1. The van der Waals surface area contributed by atoms with Crippen molar-refractivity contribution in [1.82, 2.24) is 4.98 Å². The Labute approximate surface area is 183 Å². The average Bonchev–Trinajstić information content (AvgIpc) is 2.73. The summed E-state index contributed by atoms with van der Waals surface area (Å²) in [5.41, 5.74) is 4.67. The maximum atomic E-state index is 13.1. The van der Waals surface area contributed by atoms with Gasteiger partial charge in [0.15, 0.2) is 5.78 Å². The normalized spacial score (nSPS) is 18.3. The highest BCUT2D eigenvalue weighted by atomic mass is 35.5. The fourth-order valence-corrected chi connectivity index (χ4v) is 3.99. The van der Waals surface area contributed by atoms with Gasteiger partial charge in [-0.2, -0.15) is 0 Å². The topological polar surface area (TPSA) is 39.2 Å². The summed E-state index contributed by atoms with van der Waals surface area (Å²) in [5.74, 6) is 0.643. The van der Waals surface area contributed by atoms with Crippen molar-refractivity contribution in [1.29, 1.82) is 0 Å². The van der Waals surface area contributed by atoms with Gasteiger partial charge in [-0.15, -0.1) is 0 Å². The van der Waals surface area contributed by atoms with E-state index in [1.54, 1.807) is 0 Å². The van der Waals surface area contributed by atoms with Crippen LogP contribution < -0.4 is 4.74 Å². The van der Waals surface area contributed by atoms with E-state index in [1.807, 2.05) is 37.3 Å². The third-order valence-corrected chi connectivity index (χ3v) is 6.48. The number of benzene rings is 2. The summed E-state index contributed by atoms with van der Waals surface area (Å²) in [6, 6.07) is 17.9. The molecule has 0 fully saturated rings. The number of rotatable bonds is 4. The third kappa shape index (κ3) is 3.63. The van der Waals surface area contributed by atoms with Crippen LogP contribution in [0.25, 0.3) is 22.4 Å². The first-order chi connectivity index (χ1) is 14.3. The summed E-state index contributed by atoms with van der Waals surface area (Å²) in [7, 11) is 0. The second-order valence-electron chi connectivity index (χ2n) is 8.44. The van der Waals surface area contributed by atoms with Gasteiger partial charge in [-0.3, -0.25) is 4.79 Å². The molecule has 4 heteroatoms. The Hall–Kier alpha value is -2.65. The van der Waals surface area contributed by atoms with Gasteiger partial charge in [0, 0.05) is 16.1 Å². The van der Waals surface area contributed by atoms with Gasteiger partial charge >= 0.3 is 0 Å². The highest BCUT2D eigenvalue weighted by molar-refractivity contribution is 6.33. The lowest BCUT2D eigenvalue weighted by Gasteiger charge is -2.37. The van der Waals surface area contributed by atoms with E-state index in [9.17, 15) is 4.79 Å². The molecule has 154 valence electrons. The zero-order valence-electron chi connectivity index (χ0n) is 17.8. The molecule has 0 saturated heterocycles. The maximum Gasteiger partial charge on any atom is 0.225 e. The van der Waals surface area contributed by atoms with Crippen molar-refractivity contribution in [3.8, 4) is 28.3 Å². The standard InChI is InChI=1S/C26H26ClNO2/c1-5-17-10-12-18(13-11-17)20-14-21-23(29)15-26(4,16(2)3)30-25(21)28-24(20)19-8-6-7-9-22(19)27/h6-14,16H,5,15H2,1-4H3. The van der Waals surface area contributed by atoms with E-state index in [0.29, 0.717) is 22.9 Å². The number of fused-ring (bicyclic) bond motifs is 1. The molecule has 1 aromatic heterocycles. The molecule has 1 aliphatic rings. The van der Waals surface area contributed by atoms with E-state index in [4.69, 9.17) is 21.3 Å². The van der Waals surface area contributed by atoms with E-state index in [1.165, 1.54) is 5.56 Å². The molecule has 1 aliphatic heterocycles. The zero-order valence-corrected chi connectivity index (χ0v) is 18.6. The summed E-state index contributed by atoms with van der Waals surface area (Å²) >= 11 is 6.54. The van der Waals surface area contributed by atoms with Crippen LogP contribution in [-0.4, -0.2) is 16.4 Å². The Bertz CT molecular complexity index is 1100. The Morgan fingerprint density at radius 3 is 2.40 bits per heavy atom. The fraction of sp³-hybridized carbons (Fsp3) is 0.308. The van der Waals surface area contributed by atoms with Gasteiger partial charge in [0.2, 0.25) is 5.88 Å². The Kier molecular flexibility index (Phi) is 5.42. The lowest BCUT2D eigenvalue weighted by Crippen LogP contribution is -2.44. The van der Waals surface area contributed by atoms with Gasteiger partial charge < -0.3 is 4.74 Å². The zero-order chi connectivity index (χ0) is 21.5. The monoisotopic (exact) mass is 419 g/mol. The summed E-state index contributed by atoms with van der Waals surface area (Å²) in [6.45, 7) is 8.24. The Morgan fingerprint density at radius 2 is 1.77 bits per heavy atom. The first-order valence-electron chi connectivity index (χ1n) is 10.4. The van der Waals surface area contributed by atoms with Crippen LogP contribution in [-0.2, 0) is 6.42 Å². The highest BCUT2D eigenvalue weighted by Gasteiger charge is 2.40. The van der Waals surface area contributed by atoms with Gasteiger partial charge in [-0.25, -0.2) is 4.98 Å². The van der Waals surface area contributed by atoms with Gasteiger partial charge in [-0.05, 0) is 42.5 Å². The maximum absolute atomic E-state index is 13.1. The number of aryl methyl sites for hydroxylation is 1. The summed E-state index contributed by atoms with van der Waals surface area (Å²) in [4.78, 5) is 17.9. The van der Waals surface area contributed by atoms with E-state index < -0.39 is 5.60 Å². The van der Waals surface area contributed by atoms with Gasteiger partial charge in [-0.1, -0.05) is 74.8 Å². The minimum absolute atomic E-state index is 0.0667. The molecule has 0 saturated carbocycles. The molecule has 2 heterocycles. The molecule has 0 aliphatic carbocycles. The molecular weight excluding hydrogens is 394 g/mol. The summed E-state index contributed by atoms with van der Waals surface area (Å²) < 4.78 is 6.31. The molecule has 4 rings (SSSR count). The molecular formula is C26H26ClNO2. The number of halogens is 1. The van der Waals surface area contributed by atoms with Crippen LogP contribution in [0.5, 0.6) is 5.88 Å². The van der Waals surface area contributed by atoms with Crippen molar-refractivity contribution < 1.29 is 9.53 Å². The van der Waals surface area contributed by atoms with Crippen molar-refractivity contribution in [2.75, 3.05) is 0 Å². The van der Waals surface area contributed by atoms with Crippen molar-refractivity contribution in [2.45, 2.75) is 46.1 Å². The first-order valence-corrected chi connectivity index (χ1v) is 10.8. The SMILES string of the molecule is CCc1ccc(-c2cc3c(nc2-c2ccccc2Cl)OC(C)(C(C)C)CC3=O)cc1. The van der Waals surface area contributed by atoms with E-state index >= 15 is 0 Å². The van der Waals surface area contributed by atoms with Crippen LogP contribution in [0.4, 0.5) is 0 Å². The van der Waals surface area contributed by atoms with Crippen molar-refractivity contribution in [3.63, 3.8) is 0 Å². The van der Waals surface area contributed by atoms with Crippen LogP contribution >= 0.6 is 11.6 Å². The number of ketones is 1. The number of hydrogen-bond donors (Lipinski definition) is 0. The number of hydrogen-bond acceptors (Lipinski definition) is 3. The van der Waals surface area contributed by atoms with E-state index in [-0.39, 0.29) is 11.7 Å². The van der Waals surface area contributed by atoms with E-state index in [2.05, 4.69) is 45.0 Å². The first kappa shape index (κ1) is 20.6. The lowest BCUT2D eigenvalue weighted by molar-refractivity contribution is 0.0175. The molecule has 3 nitrogen and oxygen atoms in total. The molecule has 1 unspecified atom stereocenters. The van der Waals surface area contributed by atoms with E-state index in [0.717, 1.165) is 28.8 Å². The summed E-state index contributed by atoms with van der Waals surface area (Å²) in [6.07, 6.45) is 1.32. The smallest absolute Gasteiger partial charge is 0.225 e. The predicted octanol–water partition coefficient (Wildman–Crippen LogP) is 7.01. The van der Waals surface area contributed by atoms with Crippen LogP contribution in [0.1, 0.15) is 50.0 Å². The van der Waals surface area contributed by atoms with Crippen LogP contribution in [0, 0.1) is 5.92 Å². The van der Waals surface area contributed by atoms with Crippen molar-refractivity contribution >= 4 is 17.4 Å². The third-order valence-electron chi connectivity index (χ3n) is 6.15. The number of ether oxygens (including phenoxy) is 1. The quantitative estimate of drug-likeness (QED) is 0.456. The molecule has 0 radical (unpaired) electrons. The van der Waals surface area contributed by atoms with Gasteiger partial charge in [0.1, 0.15) is 5.60 Å². The molecule has 0 bridgehead atoms. The summed E-state index contributed by atoms with van der Waals surface area (Å²) in [5, 5.41) is 0.616.